The molecule has 16 heavy (non-hydrogen) atoms. The minimum Gasteiger partial charge on any atom is -0.296 e. The van der Waals surface area contributed by atoms with E-state index >= 15 is 0 Å². The summed E-state index contributed by atoms with van der Waals surface area (Å²) in [7, 11) is 0. The normalized spacial score (nSPS) is 11.7. The summed E-state index contributed by atoms with van der Waals surface area (Å²) >= 11 is 0. The highest BCUT2D eigenvalue weighted by atomic mass is 19.4. The molecule has 6 heteroatoms. The Hall–Kier alpha value is -1.98. The van der Waals surface area contributed by atoms with Gasteiger partial charge in [-0.1, -0.05) is 0 Å². The predicted octanol–water partition coefficient (Wildman–Crippen LogP) is 2.46. The summed E-state index contributed by atoms with van der Waals surface area (Å²) in [6.45, 7) is 0. The van der Waals surface area contributed by atoms with E-state index in [1.807, 2.05) is 0 Å². The van der Waals surface area contributed by atoms with E-state index in [1.54, 1.807) is 0 Å². The molecule has 2 aromatic rings. The third kappa shape index (κ3) is 1.73. The molecule has 0 aromatic carbocycles. The Bertz CT molecular complexity index is 551. The van der Waals surface area contributed by atoms with E-state index < -0.39 is 11.9 Å². The van der Waals surface area contributed by atoms with Crippen LogP contribution < -0.4 is 0 Å². The zero-order valence-corrected chi connectivity index (χ0v) is 7.82. The minimum absolute atomic E-state index is 0.0822. The number of hydrogen-bond acceptors (Lipinski definition) is 3. The predicted molar refractivity (Wildman–Crippen MR) is 49.9 cm³/mol. The van der Waals surface area contributed by atoms with Crippen molar-refractivity contribution < 1.29 is 18.0 Å². The van der Waals surface area contributed by atoms with E-state index in [4.69, 9.17) is 0 Å². The molecule has 0 bridgehead atoms. The van der Waals surface area contributed by atoms with Crippen molar-refractivity contribution in [3.63, 3.8) is 0 Å². The van der Waals surface area contributed by atoms with Gasteiger partial charge in [-0.25, -0.2) is 4.98 Å². The molecular formula is C10H5F3N2O. The lowest BCUT2D eigenvalue weighted by Crippen LogP contribution is -2.07. The minimum atomic E-state index is -4.49. The van der Waals surface area contributed by atoms with Crippen LogP contribution in [0, 0.1) is 0 Å². The van der Waals surface area contributed by atoms with E-state index in [9.17, 15) is 18.0 Å². The van der Waals surface area contributed by atoms with Crippen LogP contribution >= 0.6 is 0 Å². The van der Waals surface area contributed by atoms with E-state index in [0.717, 1.165) is 6.07 Å². The third-order valence-electron chi connectivity index (χ3n) is 2.05. The van der Waals surface area contributed by atoms with Crippen molar-refractivity contribution in [2.45, 2.75) is 6.18 Å². The number of nitrogens with zero attached hydrogens (tertiary/aromatic N) is 2. The van der Waals surface area contributed by atoms with Crippen LogP contribution in [-0.4, -0.2) is 16.3 Å². The fourth-order valence-electron chi connectivity index (χ4n) is 1.33. The second-order valence-corrected chi connectivity index (χ2v) is 3.07. The summed E-state index contributed by atoms with van der Waals surface area (Å²) in [6.07, 6.45) is -2.75. The zero-order chi connectivity index (χ0) is 11.8. The lowest BCUT2D eigenvalue weighted by atomic mass is 10.2. The van der Waals surface area contributed by atoms with Crippen molar-refractivity contribution in [2.24, 2.45) is 0 Å². The molecule has 0 fully saturated rings. The summed E-state index contributed by atoms with van der Waals surface area (Å²) in [5.41, 5.74) is -0.798. The van der Waals surface area contributed by atoms with Crippen molar-refractivity contribution >= 4 is 17.2 Å². The van der Waals surface area contributed by atoms with E-state index in [2.05, 4.69) is 9.97 Å². The van der Waals surface area contributed by atoms with Crippen molar-refractivity contribution in [3.05, 3.63) is 35.8 Å². The van der Waals surface area contributed by atoms with Gasteiger partial charge in [-0.05, 0) is 18.2 Å². The Morgan fingerprint density at radius 3 is 2.56 bits per heavy atom. The van der Waals surface area contributed by atoms with Crippen LogP contribution in [0.4, 0.5) is 13.2 Å². The molecule has 0 unspecified atom stereocenters. The first-order valence-corrected chi connectivity index (χ1v) is 4.30. The number of rotatable bonds is 1. The highest BCUT2D eigenvalue weighted by molar-refractivity contribution is 5.94. The first-order chi connectivity index (χ1) is 7.52. The molecule has 0 aliphatic heterocycles. The Morgan fingerprint density at radius 2 is 1.94 bits per heavy atom. The van der Waals surface area contributed by atoms with Gasteiger partial charge >= 0.3 is 6.18 Å². The van der Waals surface area contributed by atoms with Gasteiger partial charge in [0, 0.05) is 11.6 Å². The largest absolute Gasteiger partial charge is 0.433 e. The topological polar surface area (TPSA) is 42.9 Å². The highest BCUT2D eigenvalue weighted by Gasteiger charge is 2.32. The number of pyridine rings is 2. The van der Waals surface area contributed by atoms with Crippen molar-refractivity contribution in [2.75, 3.05) is 0 Å². The lowest BCUT2D eigenvalue weighted by Gasteiger charge is -2.06. The van der Waals surface area contributed by atoms with Crippen LogP contribution in [0.25, 0.3) is 10.9 Å². The van der Waals surface area contributed by atoms with Crippen LogP contribution in [-0.2, 0) is 6.18 Å². The zero-order valence-electron chi connectivity index (χ0n) is 7.82. The molecule has 2 aromatic heterocycles. The molecule has 82 valence electrons. The maximum atomic E-state index is 12.4. The Morgan fingerprint density at radius 1 is 1.19 bits per heavy atom. The van der Waals surface area contributed by atoms with Crippen molar-refractivity contribution in [1.82, 2.24) is 9.97 Å². The van der Waals surface area contributed by atoms with Gasteiger partial charge in [0.25, 0.3) is 0 Å². The summed E-state index contributed by atoms with van der Waals surface area (Å²) in [6, 6.07) is 3.36. The molecule has 0 spiro atoms. The van der Waals surface area contributed by atoms with Crippen LogP contribution in [0.5, 0.6) is 0 Å². The second-order valence-electron chi connectivity index (χ2n) is 3.07. The Labute approximate surface area is 87.9 Å². The van der Waals surface area contributed by atoms with Gasteiger partial charge in [0.2, 0.25) is 0 Å². The molecule has 0 saturated heterocycles. The van der Waals surface area contributed by atoms with Crippen LogP contribution in [0.15, 0.2) is 24.4 Å². The van der Waals surface area contributed by atoms with Crippen LogP contribution in [0.3, 0.4) is 0 Å². The van der Waals surface area contributed by atoms with E-state index in [-0.39, 0.29) is 11.2 Å². The summed E-state index contributed by atoms with van der Waals surface area (Å²) in [5, 5.41) is 0.311. The van der Waals surface area contributed by atoms with Gasteiger partial charge in [-0.2, -0.15) is 13.2 Å². The molecule has 0 aliphatic rings. The summed E-state index contributed by atoms with van der Waals surface area (Å²) in [4.78, 5) is 17.7. The van der Waals surface area contributed by atoms with Gasteiger partial charge < -0.3 is 0 Å². The number of aldehydes is 1. The average Bonchev–Trinajstić information content (AvgIpc) is 2.26. The second kappa shape index (κ2) is 3.55. The first kappa shape index (κ1) is 10.5. The number of hydrogen-bond donors (Lipinski definition) is 0. The fraction of sp³-hybridized carbons (Fsp3) is 0.100. The molecule has 2 rings (SSSR count). The molecule has 0 amide bonds. The number of fused-ring (bicyclic) bond motifs is 1. The smallest absolute Gasteiger partial charge is 0.296 e. The molecule has 0 atom stereocenters. The maximum Gasteiger partial charge on any atom is 0.433 e. The Kier molecular flexibility index (Phi) is 2.34. The first-order valence-electron chi connectivity index (χ1n) is 4.30. The maximum absolute atomic E-state index is 12.4. The molecule has 0 radical (unpaired) electrons. The van der Waals surface area contributed by atoms with Gasteiger partial charge in [0.15, 0.2) is 6.29 Å². The monoisotopic (exact) mass is 226 g/mol. The van der Waals surface area contributed by atoms with Crippen LogP contribution in [0.1, 0.15) is 16.2 Å². The molecule has 0 aliphatic carbocycles. The van der Waals surface area contributed by atoms with Gasteiger partial charge in [0.05, 0.1) is 5.52 Å². The molecule has 2 heterocycles. The van der Waals surface area contributed by atoms with Crippen molar-refractivity contribution in [3.8, 4) is 0 Å². The highest BCUT2D eigenvalue weighted by Crippen LogP contribution is 2.29. The quantitative estimate of drug-likeness (QED) is 0.701. The average molecular weight is 226 g/mol. The number of alkyl halides is 3. The van der Waals surface area contributed by atoms with Crippen LogP contribution in [0.2, 0.25) is 0 Å². The van der Waals surface area contributed by atoms with E-state index in [1.165, 1.54) is 18.3 Å². The number of aromatic nitrogens is 2. The summed E-state index contributed by atoms with van der Waals surface area (Å²) < 4.78 is 37.1. The van der Waals surface area contributed by atoms with Gasteiger partial charge in [-0.15, -0.1) is 0 Å². The molecule has 3 nitrogen and oxygen atoms in total. The number of carbonyl (C=O) groups is 1. The standard InChI is InChI=1S/C10H5F3N2O/c11-10(12,13)9-2-1-6-7(15-9)3-4-14-8(6)5-16/h1-5H. The summed E-state index contributed by atoms with van der Waals surface area (Å²) in [5.74, 6) is 0. The number of halogens is 3. The number of carbonyl (C=O) groups excluding carboxylic acids is 1. The fourth-order valence-corrected chi connectivity index (χ4v) is 1.33. The van der Waals surface area contributed by atoms with E-state index in [0.29, 0.717) is 11.7 Å². The molecular weight excluding hydrogens is 221 g/mol. The molecule has 0 N–H and O–H groups in total. The lowest BCUT2D eigenvalue weighted by molar-refractivity contribution is -0.140. The van der Waals surface area contributed by atoms with Crippen molar-refractivity contribution in [1.29, 1.82) is 0 Å². The molecule has 0 saturated carbocycles. The SMILES string of the molecule is O=Cc1nccc2nc(C(F)(F)F)ccc12. The van der Waals surface area contributed by atoms with Gasteiger partial charge in [0.1, 0.15) is 11.4 Å². The van der Waals surface area contributed by atoms with Gasteiger partial charge in [-0.3, -0.25) is 9.78 Å². The Balaban J connectivity index is 2.69. The third-order valence-corrected chi connectivity index (χ3v) is 2.05.